The monoisotopic (exact) mass is 788 g/mol. The maximum absolute atomic E-state index is 13.1. The first-order valence-corrected chi connectivity index (χ1v) is 22.3. The number of unbranched alkanes of at least 4 members (excludes halogenated alkanes) is 17. The molecule has 0 heterocycles. The molecule has 0 rings (SSSR count). The van der Waals surface area contributed by atoms with E-state index in [4.69, 9.17) is 28.4 Å². The predicted octanol–water partition coefficient (Wildman–Crippen LogP) is 7.45. The Labute approximate surface area is 336 Å². The summed E-state index contributed by atoms with van der Waals surface area (Å²) in [4.78, 5) is 38.2. The summed E-state index contributed by atoms with van der Waals surface area (Å²) in [5.74, 6) is -0.178. The van der Waals surface area contributed by atoms with Gasteiger partial charge >= 0.3 is 0 Å². The predicted molar refractivity (Wildman–Crippen MR) is 221 cm³/mol. The van der Waals surface area contributed by atoms with Crippen molar-refractivity contribution < 1.29 is 42.8 Å². The van der Waals surface area contributed by atoms with Crippen molar-refractivity contribution >= 4 is 17.7 Å². The lowest BCUT2D eigenvalue weighted by atomic mass is 10.1. The molecule has 0 saturated carbocycles. The molecule has 0 fully saturated rings. The number of carbonyl (C=O) groups excluding carboxylic acids is 3. The smallest absolute Gasteiger partial charge is 0.242 e. The van der Waals surface area contributed by atoms with E-state index in [-0.39, 0.29) is 17.7 Å². The Kier molecular flexibility index (Phi) is 43.4. The molecular weight excluding hydrogens is 702 g/mol. The molecule has 3 amide bonds. The zero-order valence-corrected chi connectivity index (χ0v) is 35.7. The highest BCUT2D eigenvalue weighted by atomic mass is 16.6. The lowest BCUT2D eigenvalue weighted by Crippen LogP contribution is -2.47. The summed E-state index contributed by atoms with van der Waals surface area (Å²) < 4.78 is 32.3. The largest absolute Gasteiger partial charge is 0.382 e. The van der Waals surface area contributed by atoms with Crippen molar-refractivity contribution in [2.75, 3.05) is 92.9 Å². The van der Waals surface area contributed by atoms with Gasteiger partial charge in [-0.05, 0) is 32.1 Å². The standard InChI is InChI=1S/C43H85N3O9/c1-4-6-8-10-12-14-16-18-20-25-41(47)44-27-23-22-24-40(46-42(48)26-21-19-17-15-13-11-9-7-5-2)43(49)45-28-29-51-32-33-53-36-37-55-39-38-54-35-34-52-31-30-50-3/h40H,4-39H2,1-3H3,(H,44,47)(H,45,49)(H,46,48). The molecule has 12 nitrogen and oxygen atoms in total. The highest BCUT2D eigenvalue weighted by Crippen LogP contribution is 2.12. The highest BCUT2D eigenvalue weighted by molar-refractivity contribution is 5.87. The summed E-state index contributed by atoms with van der Waals surface area (Å²) >= 11 is 0. The van der Waals surface area contributed by atoms with Crippen molar-refractivity contribution in [2.45, 2.75) is 168 Å². The number of hydrogen-bond donors (Lipinski definition) is 3. The quantitative estimate of drug-likeness (QED) is 0.0537. The zero-order chi connectivity index (χ0) is 40.1. The van der Waals surface area contributed by atoms with Gasteiger partial charge in [0.15, 0.2) is 0 Å². The van der Waals surface area contributed by atoms with Crippen LogP contribution in [0.2, 0.25) is 0 Å². The van der Waals surface area contributed by atoms with E-state index >= 15 is 0 Å². The van der Waals surface area contributed by atoms with Crippen LogP contribution in [0, 0.1) is 0 Å². The highest BCUT2D eigenvalue weighted by Gasteiger charge is 2.20. The van der Waals surface area contributed by atoms with E-state index in [1.165, 1.54) is 83.5 Å². The maximum Gasteiger partial charge on any atom is 0.242 e. The molecule has 326 valence electrons. The molecule has 55 heavy (non-hydrogen) atoms. The van der Waals surface area contributed by atoms with Gasteiger partial charge < -0.3 is 44.4 Å². The van der Waals surface area contributed by atoms with E-state index in [1.807, 2.05) is 0 Å². The SMILES string of the molecule is CCCCCCCCCCCC(=O)NCCCCC(NC(=O)CCCCCCCCCCC)C(=O)NCCOCCOCCOCCOCCOCCOC. The molecule has 0 aromatic carbocycles. The Morgan fingerprint density at radius 2 is 0.818 bits per heavy atom. The van der Waals surface area contributed by atoms with Crippen LogP contribution in [0.15, 0.2) is 0 Å². The molecule has 0 aromatic rings. The molecular formula is C43H85N3O9. The minimum absolute atomic E-state index is 0.0782. The normalized spacial score (nSPS) is 11.8. The Hall–Kier alpha value is -1.83. The van der Waals surface area contributed by atoms with Gasteiger partial charge in [0.1, 0.15) is 6.04 Å². The van der Waals surface area contributed by atoms with E-state index in [1.54, 1.807) is 7.11 Å². The number of nitrogens with one attached hydrogen (secondary N) is 3. The fourth-order valence-electron chi connectivity index (χ4n) is 6.01. The van der Waals surface area contributed by atoms with Crippen molar-refractivity contribution in [3.63, 3.8) is 0 Å². The molecule has 0 aliphatic rings. The molecule has 0 aliphatic carbocycles. The Morgan fingerprint density at radius 3 is 1.27 bits per heavy atom. The lowest BCUT2D eigenvalue weighted by Gasteiger charge is -2.19. The summed E-state index contributed by atoms with van der Waals surface area (Å²) in [6.07, 6.45) is 24.8. The zero-order valence-electron chi connectivity index (χ0n) is 35.7. The number of carbonyl (C=O) groups is 3. The van der Waals surface area contributed by atoms with Gasteiger partial charge in [-0.2, -0.15) is 0 Å². The summed E-state index contributed by atoms with van der Waals surface area (Å²) in [6.45, 7) is 10.7. The summed E-state index contributed by atoms with van der Waals surface area (Å²) in [7, 11) is 1.64. The van der Waals surface area contributed by atoms with Crippen LogP contribution in [0.4, 0.5) is 0 Å². The molecule has 0 spiro atoms. The second kappa shape index (κ2) is 44.9. The number of methoxy groups -OCH3 is 1. The van der Waals surface area contributed by atoms with E-state index in [2.05, 4.69) is 29.8 Å². The number of amides is 3. The average molecular weight is 788 g/mol. The van der Waals surface area contributed by atoms with Gasteiger partial charge in [-0.25, -0.2) is 0 Å². The van der Waals surface area contributed by atoms with E-state index in [9.17, 15) is 14.4 Å². The van der Waals surface area contributed by atoms with Crippen LogP contribution in [0.1, 0.15) is 162 Å². The van der Waals surface area contributed by atoms with Crippen LogP contribution in [0.25, 0.3) is 0 Å². The third-order valence-electron chi connectivity index (χ3n) is 9.37. The number of rotatable bonds is 45. The second-order valence-corrected chi connectivity index (χ2v) is 14.5. The van der Waals surface area contributed by atoms with Gasteiger partial charge in [-0.3, -0.25) is 14.4 Å². The molecule has 3 N–H and O–H groups in total. The fourth-order valence-corrected chi connectivity index (χ4v) is 6.01. The summed E-state index contributed by atoms with van der Waals surface area (Å²) in [5, 5.41) is 8.93. The van der Waals surface area contributed by atoms with Crippen molar-refractivity contribution in [1.29, 1.82) is 0 Å². The van der Waals surface area contributed by atoms with Crippen molar-refractivity contribution in [1.82, 2.24) is 16.0 Å². The Bertz CT molecular complexity index is 837. The summed E-state index contributed by atoms with van der Waals surface area (Å²) in [5.41, 5.74) is 0. The van der Waals surface area contributed by atoms with Crippen molar-refractivity contribution in [3.05, 3.63) is 0 Å². The van der Waals surface area contributed by atoms with Gasteiger partial charge in [0, 0.05) is 33.0 Å². The molecule has 0 saturated heterocycles. The summed E-state index contributed by atoms with van der Waals surface area (Å²) in [6, 6.07) is -0.605. The van der Waals surface area contributed by atoms with E-state index in [0.717, 1.165) is 44.9 Å². The molecule has 0 aromatic heterocycles. The average Bonchev–Trinajstić information content (AvgIpc) is 3.18. The van der Waals surface area contributed by atoms with Crippen LogP contribution >= 0.6 is 0 Å². The molecule has 0 radical (unpaired) electrons. The van der Waals surface area contributed by atoms with E-state index < -0.39 is 6.04 Å². The van der Waals surface area contributed by atoms with Gasteiger partial charge in [-0.15, -0.1) is 0 Å². The van der Waals surface area contributed by atoms with Gasteiger partial charge in [0.2, 0.25) is 17.7 Å². The first-order valence-electron chi connectivity index (χ1n) is 22.3. The minimum atomic E-state index is -0.605. The van der Waals surface area contributed by atoms with Crippen molar-refractivity contribution in [2.24, 2.45) is 0 Å². The molecule has 0 bridgehead atoms. The maximum atomic E-state index is 13.1. The first kappa shape index (κ1) is 53.2. The second-order valence-electron chi connectivity index (χ2n) is 14.5. The molecule has 12 heteroatoms. The minimum Gasteiger partial charge on any atom is -0.382 e. The van der Waals surface area contributed by atoms with Gasteiger partial charge in [-0.1, -0.05) is 117 Å². The van der Waals surface area contributed by atoms with E-state index in [0.29, 0.717) is 105 Å². The van der Waals surface area contributed by atoms with Crippen LogP contribution in [0.3, 0.4) is 0 Å². The Balaban J connectivity index is 4.23. The number of hydrogen-bond acceptors (Lipinski definition) is 9. The molecule has 1 unspecified atom stereocenters. The molecule has 0 aliphatic heterocycles. The molecule has 1 atom stereocenters. The lowest BCUT2D eigenvalue weighted by molar-refractivity contribution is -0.129. The Morgan fingerprint density at radius 1 is 0.418 bits per heavy atom. The van der Waals surface area contributed by atoms with Crippen LogP contribution in [0.5, 0.6) is 0 Å². The van der Waals surface area contributed by atoms with Crippen LogP contribution in [-0.4, -0.2) is 117 Å². The van der Waals surface area contributed by atoms with Gasteiger partial charge in [0.05, 0.1) is 72.7 Å². The third kappa shape index (κ3) is 41.6. The first-order chi connectivity index (χ1) is 27.0. The fraction of sp³-hybridized carbons (Fsp3) is 0.930. The van der Waals surface area contributed by atoms with Crippen LogP contribution in [-0.2, 0) is 42.8 Å². The van der Waals surface area contributed by atoms with Crippen LogP contribution < -0.4 is 16.0 Å². The van der Waals surface area contributed by atoms with Gasteiger partial charge in [0.25, 0.3) is 0 Å². The number of ether oxygens (including phenoxy) is 6. The third-order valence-corrected chi connectivity index (χ3v) is 9.37. The topological polar surface area (TPSA) is 143 Å². The van der Waals surface area contributed by atoms with Crippen molar-refractivity contribution in [3.8, 4) is 0 Å².